The molecule has 0 bridgehead atoms. The number of hydrogen-bond acceptors (Lipinski definition) is 5. The summed E-state index contributed by atoms with van der Waals surface area (Å²) in [6.07, 6.45) is 8.50. The lowest BCUT2D eigenvalue weighted by molar-refractivity contribution is 0.0712. The van der Waals surface area contributed by atoms with Crippen LogP contribution in [0.15, 0.2) is 18.2 Å². The molecule has 3 aliphatic rings. The minimum atomic E-state index is -0.00904. The average molecular weight is 460 g/mol. The first-order valence-corrected chi connectivity index (χ1v) is 10.8. The van der Waals surface area contributed by atoms with Gasteiger partial charge in [0.2, 0.25) is 0 Å². The molecule has 0 spiro atoms. The highest BCUT2D eigenvalue weighted by molar-refractivity contribution is 5.97. The van der Waals surface area contributed by atoms with Crippen molar-refractivity contribution in [1.82, 2.24) is 9.80 Å². The van der Waals surface area contributed by atoms with E-state index in [-0.39, 0.29) is 42.9 Å². The topological polar surface area (TPSA) is 68.0 Å². The molecule has 1 aromatic rings. The van der Waals surface area contributed by atoms with Gasteiger partial charge in [0.1, 0.15) is 17.6 Å². The fourth-order valence-corrected chi connectivity index (χ4v) is 4.86. The zero-order valence-corrected chi connectivity index (χ0v) is 19.4. The molecule has 0 aromatic heterocycles. The van der Waals surface area contributed by atoms with Gasteiger partial charge in [-0.15, -0.1) is 24.8 Å². The van der Waals surface area contributed by atoms with E-state index in [2.05, 4.69) is 4.90 Å². The molecule has 1 atom stereocenters. The molecule has 1 amide bonds. The number of nitrogens with two attached hydrogens (primary N) is 1. The third-order valence-corrected chi connectivity index (χ3v) is 6.54. The lowest BCUT2D eigenvalue weighted by Gasteiger charge is -2.36. The molecular weight excluding hydrogens is 425 g/mol. The maximum absolute atomic E-state index is 13.1. The number of methoxy groups -OCH3 is 1. The van der Waals surface area contributed by atoms with E-state index < -0.39 is 0 Å². The zero-order valence-electron chi connectivity index (χ0n) is 17.8. The van der Waals surface area contributed by atoms with Crippen LogP contribution in [0.1, 0.15) is 55.3 Å². The number of likely N-dealkylation sites (tertiary alicyclic amines) is 2. The maximum Gasteiger partial charge on any atom is 0.257 e. The SMILES string of the molecule is COc1ccc(OC2CCN(C3CCCC3)CC2)c(C(=O)N2CCC(N)C2)c1.Cl.Cl. The van der Waals surface area contributed by atoms with Gasteiger partial charge < -0.3 is 25.0 Å². The number of carbonyl (C=O) groups is 1. The third kappa shape index (κ3) is 5.72. The van der Waals surface area contributed by atoms with Crippen LogP contribution in [0.4, 0.5) is 0 Å². The van der Waals surface area contributed by atoms with Gasteiger partial charge in [0.15, 0.2) is 0 Å². The summed E-state index contributed by atoms with van der Waals surface area (Å²) in [5, 5.41) is 0. The Morgan fingerprint density at radius 1 is 1.03 bits per heavy atom. The Kier molecular flexibility index (Phi) is 9.54. The van der Waals surface area contributed by atoms with E-state index in [0.717, 1.165) is 38.4 Å². The number of ether oxygens (including phenoxy) is 2. The van der Waals surface area contributed by atoms with Crippen molar-refractivity contribution in [1.29, 1.82) is 0 Å². The highest BCUT2D eigenvalue weighted by Crippen LogP contribution is 2.31. The van der Waals surface area contributed by atoms with E-state index in [1.807, 2.05) is 17.0 Å². The minimum absolute atomic E-state index is 0. The van der Waals surface area contributed by atoms with E-state index in [1.165, 1.54) is 25.7 Å². The Bertz CT molecular complexity index is 692. The molecular formula is C22H35Cl2N3O3. The minimum Gasteiger partial charge on any atom is -0.497 e. The Morgan fingerprint density at radius 2 is 1.73 bits per heavy atom. The predicted octanol–water partition coefficient (Wildman–Crippen LogP) is 3.50. The van der Waals surface area contributed by atoms with E-state index in [9.17, 15) is 4.79 Å². The van der Waals surface area contributed by atoms with Gasteiger partial charge in [-0.3, -0.25) is 4.79 Å². The van der Waals surface area contributed by atoms with Crippen LogP contribution < -0.4 is 15.2 Å². The van der Waals surface area contributed by atoms with Crippen molar-refractivity contribution in [3.63, 3.8) is 0 Å². The van der Waals surface area contributed by atoms with Crippen molar-refractivity contribution in [2.75, 3.05) is 33.3 Å². The van der Waals surface area contributed by atoms with Crippen LogP contribution in [0.5, 0.6) is 11.5 Å². The molecule has 170 valence electrons. The van der Waals surface area contributed by atoms with Crippen LogP contribution in [-0.4, -0.2) is 67.2 Å². The molecule has 2 N–H and O–H groups in total. The molecule has 30 heavy (non-hydrogen) atoms. The standard InChI is InChI=1S/C22H33N3O3.2ClH/c1-27-19-6-7-21(20(14-19)22(26)25-11-8-16(23)15-25)28-18-9-12-24(13-10-18)17-4-2-3-5-17;;/h6-7,14,16-18H,2-5,8-13,15,23H2,1H3;2*1H. The first-order chi connectivity index (χ1) is 13.6. The van der Waals surface area contributed by atoms with Crippen LogP contribution in [0.25, 0.3) is 0 Å². The average Bonchev–Trinajstić information content (AvgIpc) is 3.40. The first-order valence-electron chi connectivity index (χ1n) is 10.8. The van der Waals surface area contributed by atoms with Gasteiger partial charge in [0.25, 0.3) is 5.91 Å². The van der Waals surface area contributed by atoms with Crippen molar-refractivity contribution >= 4 is 30.7 Å². The summed E-state index contributed by atoms with van der Waals surface area (Å²) < 4.78 is 11.7. The fourth-order valence-electron chi connectivity index (χ4n) is 4.86. The largest absolute Gasteiger partial charge is 0.497 e. The highest BCUT2D eigenvalue weighted by atomic mass is 35.5. The summed E-state index contributed by atoms with van der Waals surface area (Å²) in [5.74, 6) is 1.34. The molecule has 1 aromatic carbocycles. The van der Waals surface area contributed by atoms with Crippen LogP contribution >= 0.6 is 24.8 Å². The van der Waals surface area contributed by atoms with Crippen LogP contribution in [0.3, 0.4) is 0 Å². The summed E-state index contributed by atoms with van der Waals surface area (Å²) in [4.78, 5) is 17.5. The Labute approximate surface area is 192 Å². The molecule has 2 saturated heterocycles. The van der Waals surface area contributed by atoms with E-state index in [1.54, 1.807) is 13.2 Å². The number of benzene rings is 1. The van der Waals surface area contributed by atoms with Crippen molar-refractivity contribution in [2.24, 2.45) is 5.73 Å². The first kappa shape index (κ1) is 25.1. The quantitative estimate of drug-likeness (QED) is 0.729. The summed E-state index contributed by atoms with van der Waals surface area (Å²) in [6.45, 7) is 3.50. The van der Waals surface area contributed by atoms with Crippen molar-refractivity contribution in [2.45, 2.75) is 63.1 Å². The number of piperidine rings is 1. The van der Waals surface area contributed by atoms with Crippen LogP contribution in [0.2, 0.25) is 0 Å². The van der Waals surface area contributed by atoms with E-state index in [0.29, 0.717) is 30.2 Å². The predicted molar refractivity (Wildman–Crippen MR) is 123 cm³/mol. The monoisotopic (exact) mass is 459 g/mol. The van der Waals surface area contributed by atoms with Crippen molar-refractivity contribution in [3.8, 4) is 11.5 Å². The second-order valence-electron chi connectivity index (χ2n) is 8.45. The summed E-state index contributed by atoms with van der Waals surface area (Å²) in [5.41, 5.74) is 6.58. The van der Waals surface area contributed by atoms with Gasteiger partial charge in [-0.2, -0.15) is 0 Å². The molecule has 1 unspecified atom stereocenters. The lowest BCUT2D eigenvalue weighted by Crippen LogP contribution is -2.43. The fraction of sp³-hybridized carbons (Fsp3) is 0.682. The number of hydrogen-bond donors (Lipinski definition) is 1. The second-order valence-corrected chi connectivity index (χ2v) is 8.45. The molecule has 6 nitrogen and oxygen atoms in total. The van der Waals surface area contributed by atoms with E-state index in [4.69, 9.17) is 15.2 Å². The molecule has 3 fully saturated rings. The third-order valence-electron chi connectivity index (χ3n) is 6.54. The Hall–Kier alpha value is -1.21. The lowest BCUT2D eigenvalue weighted by atomic mass is 10.0. The zero-order chi connectivity index (χ0) is 19.5. The van der Waals surface area contributed by atoms with Crippen molar-refractivity contribution < 1.29 is 14.3 Å². The second kappa shape index (κ2) is 11.4. The van der Waals surface area contributed by atoms with Crippen LogP contribution in [0, 0.1) is 0 Å². The number of amides is 1. The molecule has 0 radical (unpaired) electrons. The van der Waals surface area contributed by atoms with E-state index >= 15 is 0 Å². The number of rotatable bonds is 5. The smallest absolute Gasteiger partial charge is 0.257 e. The summed E-state index contributed by atoms with van der Waals surface area (Å²) in [6, 6.07) is 6.40. The van der Waals surface area contributed by atoms with Gasteiger partial charge in [0.05, 0.1) is 12.7 Å². The molecule has 2 heterocycles. The summed E-state index contributed by atoms with van der Waals surface area (Å²) >= 11 is 0. The number of halogens is 2. The number of nitrogens with zero attached hydrogens (tertiary/aromatic N) is 2. The Morgan fingerprint density at radius 3 is 2.33 bits per heavy atom. The maximum atomic E-state index is 13.1. The molecule has 2 aliphatic heterocycles. The number of carbonyl (C=O) groups excluding carboxylic acids is 1. The summed E-state index contributed by atoms with van der Waals surface area (Å²) in [7, 11) is 1.62. The highest BCUT2D eigenvalue weighted by Gasteiger charge is 2.30. The van der Waals surface area contributed by atoms with Crippen LogP contribution in [-0.2, 0) is 0 Å². The normalized spacial score (nSPS) is 23.0. The van der Waals surface area contributed by atoms with Gasteiger partial charge in [0, 0.05) is 38.3 Å². The van der Waals surface area contributed by atoms with Gasteiger partial charge in [-0.25, -0.2) is 0 Å². The van der Waals surface area contributed by atoms with Gasteiger partial charge in [-0.05, 0) is 50.3 Å². The molecule has 8 heteroatoms. The molecule has 1 saturated carbocycles. The molecule has 1 aliphatic carbocycles. The van der Waals surface area contributed by atoms with Gasteiger partial charge in [-0.1, -0.05) is 12.8 Å². The molecule has 4 rings (SSSR count). The van der Waals surface area contributed by atoms with Crippen molar-refractivity contribution in [3.05, 3.63) is 23.8 Å². The van der Waals surface area contributed by atoms with Gasteiger partial charge >= 0.3 is 0 Å². The Balaban J connectivity index is 0.00000160.